The molecule has 144 valence electrons. The van der Waals surface area contributed by atoms with Crippen LogP contribution in [0, 0.1) is 18.6 Å². The van der Waals surface area contributed by atoms with Gasteiger partial charge in [0.2, 0.25) is 11.9 Å². The predicted molar refractivity (Wildman–Crippen MR) is 101 cm³/mol. The van der Waals surface area contributed by atoms with Gasteiger partial charge in [-0.25, -0.2) is 13.8 Å². The van der Waals surface area contributed by atoms with E-state index in [1.807, 2.05) is 0 Å². The van der Waals surface area contributed by atoms with Crippen LogP contribution in [0.4, 0.5) is 20.4 Å². The van der Waals surface area contributed by atoms with Gasteiger partial charge in [0.05, 0.1) is 0 Å². The molecular weight excluding hydrogens is 366 g/mol. The van der Waals surface area contributed by atoms with Crippen LogP contribution in [-0.4, -0.2) is 15.5 Å². The van der Waals surface area contributed by atoms with Crippen LogP contribution in [0.25, 0.3) is 0 Å². The number of benzene rings is 2. The highest BCUT2D eigenvalue weighted by Gasteiger charge is 2.12. The number of aryl methyl sites for hydroxylation is 1. The van der Waals surface area contributed by atoms with E-state index in [0.29, 0.717) is 11.4 Å². The average Bonchev–Trinajstić information content (AvgIpc) is 2.66. The Balaban J connectivity index is 1.74. The van der Waals surface area contributed by atoms with Gasteiger partial charge in [-0.3, -0.25) is 14.2 Å². The van der Waals surface area contributed by atoms with Crippen molar-refractivity contribution in [3.05, 3.63) is 87.8 Å². The first-order valence-electron chi connectivity index (χ1n) is 8.53. The molecule has 0 aliphatic carbocycles. The van der Waals surface area contributed by atoms with Crippen molar-refractivity contribution in [3.8, 4) is 0 Å². The molecule has 0 spiro atoms. The zero-order chi connectivity index (χ0) is 20.1. The summed E-state index contributed by atoms with van der Waals surface area (Å²) in [4.78, 5) is 28.9. The molecule has 2 N–H and O–H groups in total. The van der Waals surface area contributed by atoms with E-state index in [1.54, 1.807) is 19.1 Å². The van der Waals surface area contributed by atoms with Crippen LogP contribution in [0.5, 0.6) is 0 Å². The molecule has 0 unspecified atom stereocenters. The average molecular weight is 384 g/mol. The van der Waals surface area contributed by atoms with Crippen LogP contribution < -0.4 is 16.2 Å². The first-order chi connectivity index (χ1) is 13.4. The highest BCUT2D eigenvalue weighted by Crippen LogP contribution is 2.14. The van der Waals surface area contributed by atoms with Crippen LogP contribution in [0.3, 0.4) is 0 Å². The maximum Gasteiger partial charge on any atom is 0.255 e. The topological polar surface area (TPSA) is 76.0 Å². The highest BCUT2D eigenvalue weighted by molar-refractivity contribution is 5.76. The normalized spacial score (nSPS) is 10.5. The molecule has 0 fully saturated rings. The molecule has 1 amide bonds. The van der Waals surface area contributed by atoms with Crippen LogP contribution in [-0.2, 0) is 17.9 Å². The van der Waals surface area contributed by atoms with Crippen molar-refractivity contribution in [1.29, 1.82) is 0 Å². The number of halogens is 2. The summed E-state index contributed by atoms with van der Waals surface area (Å²) in [6, 6.07) is 12.6. The molecule has 0 saturated heterocycles. The lowest BCUT2D eigenvalue weighted by Crippen LogP contribution is -2.33. The molecule has 0 atom stereocenters. The molecule has 0 radical (unpaired) electrons. The lowest BCUT2D eigenvalue weighted by atomic mass is 10.2. The minimum absolute atomic E-state index is 0.175. The summed E-state index contributed by atoms with van der Waals surface area (Å²) in [6.07, 6.45) is 0. The van der Waals surface area contributed by atoms with Gasteiger partial charge >= 0.3 is 0 Å². The molecule has 1 aromatic heterocycles. The summed E-state index contributed by atoms with van der Waals surface area (Å²) >= 11 is 0. The fourth-order valence-electron chi connectivity index (χ4n) is 2.53. The van der Waals surface area contributed by atoms with E-state index < -0.39 is 11.5 Å². The van der Waals surface area contributed by atoms with E-state index in [1.165, 1.54) is 47.0 Å². The SMILES string of the molecule is Cc1cc(=O)n(CC(=O)NCc2ccc(F)cc2)c(Nc2ccc(F)cc2)n1. The number of carbonyl (C=O) groups is 1. The molecule has 28 heavy (non-hydrogen) atoms. The number of carbonyl (C=O) groups excluding carboxylic acids is 1. The molecule has 3 aromatic rings. The van der Waals surface area contributed by atoms with E-state index in [9.17, 15) is 18.4 Å². The van der Waals surface area contributed by atoms with E-state index in [2.05, 4.69) is 15.6 Å². The van der Waals surface area contributed by atoms with Gasteiger partial charge in [0.15, 0.2) is 0 Å². The number of hydrogen-bond acceptors (Lipinski definition) is 4. The zero-order valence-electron chi connectivity index (χ0n) is 15.1. The summed E-state index contributed by atoms with van der Waals surface area (Å²) in [5.74, 6) is -0.975. The van der Waals surface area contributed by atoms with Crippen LogP contribution in [0.2, 0.25) is 0 Å². The van der Waals surface area contributed by atoms with E-state index in [4.69, 9.17) is 0 Å². The van der Waals surface area contributed by atoms with E-state index >= 15 is 0 Å². The van der Waals surface area contributed by atoms with Gasteiger partial charge in [0, 0.05) is 24.0 Å². The maximum atomic E-state index is 13.1. The first-order valence-corrected chi connectivity index (χ1v) is 8.53. The summed E-state index contributed by atoms with van der Waals surface area (Å²) in [7, 11) is 0. The standard InChI is InChI=1S/C20H18F2N4O2/c1-13-10-19(28)26(20(24-13)25-17-8-6-16(22)7-9-17)12-18(27)23-11-14-2-4-15(21)5-3-14/h2-10H,11-12H2,1H3,(H,23,27)(H,24,25). The van der Waals surface area contributed by atoms with Crippen molar-refractivity contribution in [1.82, 2.24) is 14.9 Å². The van der Waals surface area contributed by atoms with Crippen molar-refractivity contribution in [2.45, 2.75) is 20.0 Å². The number of amides is 1. The van der Waals surface area contributed by atoms with Gasteiger partial charge in [-0.05, 0) is 48.9 Å². The third kappa shape index (κ3) is 5.00. The van der Waals surface area contributed by atoms with E-state index in [-0.39, 0.29) is 30.7 Å². The lowest BCUT2D eigenvalue weighted by Gasteiger charge is -2.14. The largest absolute Gasteiger partial charge is 0.350 e. The molecular formula is C20H18F2N4O2. The molecule has 8 heteroatoms. The quantitative estimate of drug-likeness (QED) is 0.685. The minimum atomic E-state index is -0.403. The summed E-state index contributed by atoms with van der Waals surface area (Å²) in [6.45, 7) is 1.61. The number of anilines is 2. The second-order valence-corrected chi connectivity index (χ2v) is 6.18. The lowest BCUT2D eigenvalue weighted by molar-refractivity contribution is -0.121. The zero-order valence-corrected chi connectivity index (χ0v) is 15.1. The van der Waals surface area contributed by atoms with E-state index in [0.717, 1.165) is 5.56 Å². The van der Waals surface area contributed by atoms with Gasteiger partial charge in [-0.1, -0.05) is 12.1 Å². The van der Waals surface area contributed by atoms with Crippen molar-refractivity contribution in [2.24, 2.45) is 0 Å². The summed E-state index contributed by atoms with van der Waals surface area (Å²) in [5.41, 5.74) is 1.35. The molecule has 0 saturated carbocycles. The van der Waals surface area contributed by atoms with Gasteiger partial charge in [0.25, 0.3) is 5.56 Å². The number of aromatic nitrogens is 2. The smallest absolute Gasteiger partial charge is 0.255 e. The molecule has 3 rings (SSSR count). The second kappa shape index (κ2) is 8.43. The van der Waals surface area contributed by atoms with Crippen molar-refractivity contribution in [2.75, 3.05) is 5.32 Å². The van der Waals surface area contributed by atoms with Gasteiger partial charge < -0.3 is 10.6 Å². The Bertz CT molecular complexity index is 1030. The molecule has 6 nitrogen and oxygen atoms in total. The summed E-state index contributed by atoms with van der Waals surface area (Å²) in [5, 5.41) is 5.61. The fourth-order valence-corrected chi connectivity index (χ4v) is 2.53. The first kappa shape index (κ1) is 19.2. The van der Waals surface area contributed by atoms with Gasteiger partial charge in [0.1, 0.15) is 18.2 Å². The number of rotatable bonds is 6. The molecule has 0 aliphatic heterocycles. The fraction of sp³-hybridized carbons (Fsp3) is 0.150. The Hall–Kier alpha value is -3.55. The Kier molecular flexibility index (Phi) is 5.78. The molecule has 0 bridgehead atoms. The molecule has 1 heterocycles. The Morgan fingerprint density at radius 1 is 1.04 bits per heavy atom. The Morgan fingerprint density at radius 2 is 1.64 bits per heavy atom. The number of nitrogens with zero attached hydrogens (tertiary/aromatic N) is 2. The molecule has 0 aliphatic rings. The third-order valence-electron chi connectivity index (χ3n) is 3.94. The van der Waals surface area contributed by atoms with Gasteiger partial charge in [-0.15, -0.1) is 0 Å². The van der Waals surface area contributed by atoms with Gasteiger partial charge in [-0.2, -0.15) is 0 Å². The Morgan fingerprint density at radius 3 is 2.29 bits per heavy atom. The van der Waals surface area contributed by atoms with Crippen LogP contribution >= 0.6 is 0 Å². The van der Waals surface area contributed by atoms with Crippen LogP contribution in [0.1, 0.15) is 11.3 Å². The highest BCUT2D eigenvalue weighted by atomic mass is 19.1. The summed E-state index contributed by atoms with van der Waals surface area (Å²) < 4.78 is 27.2. The van der Waals surface area contributed by atoms with Crippen LogP contribution in [0.15, 0.2) is 59.4 Å². The van der Waals surface area contributed by atoms with Crippen molar-refractivity contribution in [3.63, 3.8) is 0 Å². The van der Waals surface area contributed by atoms with Crippen molar-refractivity contribution >= 4 is 17.5 Å². The minimum Gasteiger partial charge on any atom is -0.350 e. The monoisotopic (exact) mass is 384 g/mol. The predicted octanol–water partition coefficient (Wildman–Crippen LogP) is 2.89. The van der Waals surface area contributed by atoms with Crippen molar-refractivity contribution < 1.29 is 13.6 Å². The molecule has 2 aromatic carbocycles. The third-order valence-corrected chi connectivity index (χ3v) is 3.94. The Labute approximate surface area is 159 Å². The number of hydrogen-bond donors (Lipinski definition) is 2. The second-order valence-electron chi connectivity index (χ2n) is 6.18. The number of nitrogens with one attached hydrogen (secondary N) is 2. The maximum absolute atomic E-state index is 13.1.